The van der Waals surface area contributed by atoms with Gasteiger partial charge < -0.3 is 23.7 Å². The zero-order valence-electron chi connectivity index (χ0n) is 17.9. The van der Waals surface area contributed by atoms with E-state index in [9.17, 15) is 0 Å². The molecule has 3 rings (SSSR count). The van der Waals surface area contributed by atoms with Crippen molar-refractivity contribution in [3.63, 3.8) is 0 Å². The maximum absolute atomic E-state index is 5.74. The highest BCUT2D eigenvalue weighted by Gasteiger charge is 2.17. The number of aryl methyl sites for hydroxylation is 1. The number of hydrogen-bond donors (Lipinski definition) is 0. The smallest absolute Gasteiger partial charge is 0.168 e. The normalized spacial score (nSPS) is 16.0. The number of nitrogens with zero attached hydrogens (tertiary/aromatic N) is 1. The molecule has 6 heteroatoms. The summed E-state index contributed by atoms with van der Waals surface area (Å²) in [4.78, 5) is 0. The Morgan fingerprint density at radius 2 is 1.77 bits per heavy atom. The van der Waals surface area contributed by atoms with E-state index >= 15 is 0 Å². The maximum atomic E-state index is 5.74. The van der Waals surface area contributed by atoms with Gasteiger partial charge >= 0.3 is 0 Å². The fourth-order valence-corrected chi connectivity index (χ4v) is 2.78. The molecule has 1 aromatic carbocycles. The van der Waals surface area contributed by atoms with E-state index in [2.05, 4.69) is 12.1 Å². The molecule has 0 radical (unpaired) electrons. The minimum absolute atomic E-state index is 0.131. The average molecular weight is 425 g/mol. The molecule has 1 aliphatic heterocycles. The van der Waals surface area contributed by atoms with Crippen molar-refractivity contribution in [1.29, 1.82) is 0 Å². The van der Waals surface area contributed by atoms with Gasteiger partial charge in [-0.1, -0.05) is 30.3 Å². The van der Waals surface area contributed by atoms with Crippen molar-refractivity contribution in [2.24, 2.45) is 7.05 Å². The van der Waals surface area contributed by atoms with Crippen LogP contribution in [0.4, 0.5) is 0 Å². The lowest BCUT2D eigenvalue weighted by atomic mass is 10.2. The van der Waals surface area contributed by atoms with Gasteiger partial charge in [0.15, 0.2) is 24.3 Å². The highest BCUT2D eigenvalue weighted by molar-refractivity contribution is 5.58. The number of rotatable bonds is 12. The Kier molecular flexibility index (Phi) is 9.50. The summed E-state index contributed by atoms with van der Waals surface area (Å²) in [5.74, 6) is 0.741. The predicted octanol–water partition coefficient (Wildman–Crippen LogP) is 3.54. The third kappa shape index (κ3) is 8.56. The molecular weight excluding hydrogens is 394 g/mol. The zero-order valence-corrected chi connectivity index (χ0v) is 17.9. The highest BCUT2D eigenvalue weighted by Crippen LogP contribution is 2.20. The molecule has 1 aliphatic rings. The summed E-state index contributed by atoms with van der Waals surface area (Å²) in [5, 5.41) is 0. The Hall–Kier alpha value is -3.25. The zero-order chi connectivity index (χ0) is 21.6. The van der Waals surface area contributed by atoms with Crippen LogP contribution in [0.1, 0.15) is 11.1 Å². The minimum atomic E-state index is -0.131. The molecule has 2 aromatic rings. The van der Waals surface area contributed by atoms with Crippen LogP contribution in [0.2, 0.25) is 0 Å². The molecule has 0 N–H and O–H groups in total. The summed E-state index contributed by atoms with van der Waals surface area (Å²) < 4.78 is 29.8. The van der Waals surface area contributed by atoms with Gasteiger partial charge in [-0.2, -0.15) is 0 Å². The number of benzene rings is 1. The number of aromatic nitrogens is 1. The van der Waals surface area contributed by atoms with Gasteiger partial charge in [-0.25, -0.2) is 4.57 Å². The van der Waals surface area contributed by atoms with Crippen molar-refractivity contribution in [3.05, 3.63) is 96.9 Å². The largest absolute Gasteiger partial charge is 0.497 e. The SMILES string of the molecule is C[n+]1ccc(CCOC/C=C/OC/C=C/OCC2COC(c3ccccc3)=CO2)cc1. The van der Waals surface area contributed by atoms with Gasteiger partial charge in [0.1, 0.15) is 33.1 Å². The van der Waals surface area contributed by atoms with Gasteiger partial charge in [-0.15, -0.1) is 0 Å². The summed E-state index contributed by atoms with van der Waals surface area (Å²) in [7, 11) is 2.01. The van der Waals surface area contributed by atoms with Crippen LogP contribution in [0.5, 0.6) is 0 Å². The predicted molar refractivity (Wildman–Crippen MR) is 118 cm³/mol. The summed E-state index contributed by atoms with van der Waals surface area (Å²) >= 11 is 0. The maximum Gasteiger partial charge on any atom is 0.168 e. The van der Waals surface area contributed by atoms with Gasteiger partial charge in [0.05, 0.1) is 25.7 Å². The molecule has 0 saturated carbocycles. The molecule has 0 bridgehead atoms. The van der Waals surface area contributed by atoms with Gasteiger partial charge in [-0.05, 0) is 24.1 Å². The fourth-order valence-electron chi connectivity index (χ4n) is 2.78. The second-order valence-electron chi connectivity index (χ2n) is 7.02. The molecule has 0 amide bonds. The van der Waals surface area contributed by atoms with Crippen molar-refractivity contribution in [2.75, 3.05) is 33.0 Å². The Bertz CT molecular complexity index is 846. The molecule has 164 valence electrons. The molecule has 1 aromatic heterocycles. The third-order valence-corrected chi connectivity index (χ3v) is 4.51. The molecule has 1 atom stereocenters. The van der Waals surface area contributed by atoms with Crippen molar-refractivity contribution in [3.8, 4) is 0 Å². The van der Waals surface area contributed by atoms with Crippen LogP contribution in [0.15, 0.2) is 85.8 Å². The topological polar surface area (TPSA) is 50.0 Å². The molecule has 0 aliphatic carbocycles. The molecule has 0 saturated heterocycles. The van der Waals surface area contributed by atoms with Gasteiger partial charge in [0.2, 0.25) is 0 Å². The standard InChI is InChI=1S/C25H30NO5/c1-26-12-9-22(10-13-26)11-18-28-16-5-14-27-15-6-17-29-19-24-20-31-25(21-30-24)23-7-3-2-4-8-23/h2-10,12-14,17,21,24H,11,15-16,18-20H2,1H3/q+1/b14-5+,17-6+. The van der Waals surface area contributed by atoms with Crippen LogP contribution in [-0.2, 0) is 37.2 Å². The highest BCUT2D eigenvalue weighted by atomic mass is 16.6. The monoisotopic (exact) mass is 424 g/mol. The number of ether oxygens (including phenoxy) is 5. The first-order chi connectivity index (χ1) is 15.3. The Labute approximate surface area is 184 Å². The van der Waals surface area contributed by atoms with Gasteiger partial charge in [0, 0.05) is 17.7 Å². The van der Waals surface area contributed by atoms with Crippen LogP contribution in [-0.4, -0.2) is 39.1 Å². The van der Waals surface area contributed by atoms with Crippen LogP contribution < -0.4 is 4.57 Å². The van der Waals surface area contributed by atoms with E-state index in [-0.39, 0.29) is 6.10 Å². The second kappa shape index (κ2) is 13.1. The molecule has 2 heterocycles. The average Bonchev–Trinajstić information content (AvgIpc) is 2.82. The lowest BCUT2D eigenvalue weighted by Crippen LogP contribution is -2.26. The molecule has 31 heavy (non-hydrogen) atoms. The van der Waals surface area contributed by atoms with E-state index in [0.717, 1.165) is 17.7 Å². The van der Waals surface area contributed by atoms with Crippen LogP contribution in [0.25, 0.3) is 5.76 Å². The van der Waals surface area contributed by atoms with E-state index in [0.29, 0.717) is 33.0 Å². The van der Waals surface area contributed by atoms with E-state index in [1.54, 1.807) is 24.9 Å². The molecule has 6 nitrogen and oxygen atoms in total. The first-order valence-electron chi connectivity index (χ1n) is 10.4. The summed E-state index contributed by atoms with van der Waals surface area (Å²) in [6.45, 7) is 2.51. The Morgan fingerprint density at radius 3 is 2.55 bits per heavy atom. The van der Waals surface area contributed by atoms with Crippen molar-refractivity contribution < 1.29 is 28.3 Å². The molecule has 0 spiro atoms. The number of pyridine rings is 1. The Morgan fingerprint density at radius 1 is 1.00 bits per heavy atom. The first kappa shape index (κ1) is 22.4. The number of hydrogen-bond acceptors (Lipinski definition) is 5. The van der Waals surface area contributed by atoms with Crippen LogP contribution in [0, 0.1) is 0 Å². The third-order valence-electron chi connectivity index (χ3n) is 4.51. The summed E-state index contributed by atoms with van der Waals surface area (Å²) in [6.07, 6.45) is 13.4. The first-order valence-corrected chi connectivity index (χ1v) is 10.4. The van der Waals surface area contributed by atoms with E-state index < -0.39 is 0 Å². The van der Waals surface area contributed by atoms with Gasteiger partial charge in [-0.3, -0.25) is 0 Å². The quantitative estimate of drug-likeness (QED) is 0.296. The summed E-state index contributed by atoms with van der Waals surface area (Å²) in [5.41, 5.74) is 2.27. The lowest BCUT2D eigenvalue weighted by Gasteiger charge is -2.23. The van der Waals surface area contributed by atoms with Crippen molar-refractivity contribution in [1.82, 2.24) is 0 Å². The van der Waals surface area contributed by atoms with E-state index in [4.69, 9.17) is 23.7 Å². The Balaban J connectivity index is 1.18. The van der Waals surface area contributed by atoms with Crippen LogP contribution >= 0.6 is 0 Å². The summed E-state index contributed by atoms with van der Waals surface area (Å²) in [6, 6.07) is 14.1. The van der Waals surface area contributed by atoms with E-state index in [1.807, 2.05) is 60.4 Å². The van der Waals surface area contributed by atoms with E-state index in [1.165, 1.54) is 5.56 Å². The molecule has 1 unspecified atom stereocenters. The van der Waals surface area contributed by atoms with Crippen molar-refractivity contribution in [2.45, 2.75) is 12.5 Å². The van der Waals surface area contributed by atoms with Gasteiger partial charge in [0.25, 0.3) is 0 Å². The second-order valence-corrected chi connectivity index (χ2v) is 7.02. The minimum Gasteiger partial charge on any atom is -0.497 e. The lowest BCUT2D eigenvalue weighted by molar-refractivity contribution is -0.671. The fraction of sp³-hybridized carbons (Fsp3) is 0.320. The van der Waals surface area contributed by atoms with Crippen molar-refractivity contribution >= 4 is 5.76 Å². The molecular formula is C25H30NO5+. The van der Waals surface area contributed by atoms with Crippen LogP contribution in [0.3, 0.4) is 0 Å². The molecule has 0 fully saturated rings.